The van der Waals surface area contributed by atoms with Gasteiger partial charge in [-0.25, -0.2) is 9.50 Å². The second-order valence-electron chi connectivity index (χ2n) is 5.89. The van der Waals surface area contributed by atoms with Crippen LogP contribution in [0.2, 0.25) is 0 Å². The molecule has 0 saturated heterocycles. The van der Waals surface area contributed by atoms with Gasteiger partial charge in [0.15, 0.2) is 17.2 Å². The van der Waals surface area contributed by atoms with Gasteiger partial charge in [-0.05, 0) is 31.0 Å². The lowest BCUT2D eigenvalue weighted by atomic mass is 10.0. The fourth-order valence-corrected chi connectivity index (χ4v) is 2.87. The molecular weight excluding hydrogens is 304 g/mol. The third kappa shape index (κ3) is 2.31. The summed E-state index contributed by atoms with van der Waals surface area (Å²) in [6, 6.07) is 11.3. The zero-order chi connectivity index (χ0) is 16.7. The van der Waals surface area contributed by atoms with Gasteiger partial charge >= 0.3 is 0 Å². The molecule has 0 radical (unpaired) electrons. The van der Waals surface area contributed by atoms with Gasteiger partial charge in [-0.1, -0.05) is 18.2 Å². The molecule has 1 amide bonds. The van der Waals surface area contributed by atoms with Gasteiger partial charge in [0.25, 0.3) is 5.91 Å². The number of carbonyl (C=O) groups excluding carboxylic acids is 1. The highest BCUT2D eigenvalue weighted by Gasteiger charge is 2.29. The largest absolute Gasteiger partial charge is 0.493 e. The monoisotopic (exact) mass is 322 g/mol. The first-order valence-electron chi connectivity index (χ1n) is 7.98. The molecule has 24 heavy (non-hydrogen) atoms. The number of hydrogen-bond acceptors (Lipinski definition) is 4. The molecule has 1 aliphatic rings. The zero-order valence-corrected chi connectivity index (χ0v) is 13.6. The number of methoxy groups -OCH3 is 1. The van der Waals surface area contributed by atoms with Crippen LogP contribution in [0.25, 0.3) is 16.9 Å². The van der Waals surface area contributed by atoms with Crippen LogP contribution in [0.3, 0.4) is 0 Å². The van der Waals surface area contributed by atoms with Crippen LogP contribution in [0.4, 0.5) is 0 Å². The number of carbonyl (C=O) groups is 1. The number of fused-ring (bicyclic) bond motifs is 1. The Hall–Kier alpha value is -2.89. The van der Waals surface area contributed by atoms with Crippen molar-refractivity contribution in [1.82, 2.24) is 19.9 Å². The smallest absolute Gasteiger partial charge is 0.251 e. The summed E-state index contributed by atoms with van der Waals surface area (Å²) in [4.78, 5) is 16.9. The molecule has 1 saturated carbocycles. The molecule has 6 nitrogen and oxygen atoms in total. The maximum absolute atomic E-state index is 12.2. The van der Waals surface area contributed by atoms with Crippen molar-refractivity contribution in [2.24, 2.45) is 0 Å². The third-order valence-electron chi connectivity index (χ3n) is 4.30. The zero-order valence-electron chi connectivity index (χ0n) is 13.6. The number of nitrogens with zero attached hydrogens (tertiary/aromatic N) is 3. The number of ether oxygens (including phenoxy) is 1. The summed E-state index contributed by atoms with van der Waals surface area (Å²) in [5.41, 5.74) is 2.93. The maximum atomic E-state index is 12.2. The predicted molar refractivity (Wildman–Crippen MR) is 90.3 cm³/mol. The minimum Gasteiger partial charge on any atom is -0.493 e. The van der Waals surface area contributed by atoms with Crippen LogP contribution in [-0.4, -0.2) is 34.7 Å². The van der Waals surface area contributed by atoms with Gasteiger partial charge in [-0.2, -0.15) is 5.10 Å². The fraction of sp³-hybridized carbons (Fsp3) is 0.278. The van der Waals surface area contributed by atoms with Gasteiger partial charge in [0, 0.05) is 24.1 Å². The van der Waals surface area contributed by atoms with E-state index >= 15 is 0 Å². The van der Waals surface area contributed by atoms with Crippen molar-refractivity contribution in [3.05, 3.63) is 47.8 Å². The average Bonchev–Trinajstić information content (AvgIpc) is 3.38. The summed E-state index contributed by atoms with van der Waals surface area (Å²) in [5.74, 6) is 1.84. The summed E-state index contributed by atoms with van der Waals surface area (Å²) in [5, 5.41) is 7.37. The number of pyridine rings is 1. The fourth-order valence-electron chi connectivity index (χ4n) is 2.87. The van der Waals surface area contributed by atoms with Crippen molar-refractivity contribution in [3.8, 4) is 17.0 Å². The maximum Gasteiger partial charge on any atom is 0.251 e. The quantitative estimate of drug-likeness (QED) is 0.802. The van der Waals surface area contributed by atoms with Crippen molar-refractivity contribution < 1.29 is 9.53 Å². The summed E-state index contributed by atoms with van der Waals surface area (Å²) < 4.78 is 7.21. The molecule has 122 valence electrons. The lowest BCUT2D eigenvalue weighted by Crippen LogP contribution is -2.19. The summed E-state index contributed by atoms with van der Waals surface area (Å²) in [6.07, 6.45) is 2.26. The molecule has 0 unspecified atom stereocenters. The molecule has 0 aliphatic heterocycles. The van der Waals surface area contributed by atoms with Crippen molar-refractivity contribution in [2.45, 2.75) is 18.8 Å². The van der Waals surface area contributed by atoms with E-state index in [2.05, 4.69) is 15.4 Å². The lowest BCUT2D eigenvalue weighted by molar-refractivity contribution is 0.0963. The van der Waals surface area contributed by atoms with Gasteiger partial charge in [-0.15, -0.1) is 0 Å². The van der Waals surface area contributed by atoms with Crippen molar-refractivity contribution in [3.63, 3.8) is 0 Å². The normalized spacial score (nSPS) is 13.9. The van der Waals surface area contributed by atoms with E-state index in [1.54, 1.807) is 18.7 Å². The first-order chi connectivity index (χ1) is 11.7. The molecule has 0 bridgehead atoms. The van der Waals surface area contributed by atoms with Crippen LogP contribution >= 0.6 is 0 Å². The predicted octanol–water partition coefficient (Wildman–Crippen LogP) is 2.64. The van der Waals surface area contributed by atoms with E-state index in [1.807, 2.05) is 36.4 Å². The van der Waals surface area contributed by atoms with E-state index in [1.165, 1.54) is 0 Å². The number of hydrogen-bond donors (Lipinski definition) is 1. The molecule has 0 spiro atoms. The van der Waals surface area contributed by atoms with Crippen LogP contribution in [0.5, 0.6) is 5.75 Å². The Balaban J connectivity index is 1.96. The molecular formula is C18H18N4O2. The molecule has 3 aromatic rings. The summed E-state index contributed by atoms with van der Waals surface area (Å²) in [7, 11) is 3.25. The van der Waals surface area contributed by atoms with Crippen LogP contribution in [0, 0.1) is 0 Å². The van der Waals surface area contributed by atoms with E-state index in [-0.39, 0.29) is 5.91 Å². The van der Waals surface area contributed by atoms with Crippen LogP contribution in [0.15, 0.2) is 36.4 Å². The number of aromatic nitrogens is 3. The van der Waals surface area contributed by atoms with E-state index in [4.69, 9.17) is 4.74 Å². The Morgan fingerprint density at radius 1 is 1.25 bits per heavy atom. The van der Waals surface area contributed by atoms with E-state index in [9.17, 15) is 4.79 Å². The molecule has 2 heterocycles. The molecule has 1 fully saturated rings. The number of rotatable bonds is 4. The van der Waals surface area contributed by atoms with Crippen LogP contribution < -0.4 is 10.1 Å². The number of amides is 1. The minimum atomic E-state index is -0.128. The second-order valence-corrected chi connectivity index (χ2v) is 5.89. The van der Waals surface area contributed by atoms with Gasteiger partial charge < -0.3 is 10.1 Å². The highest BCUT2D eigenvalue weighted by atomic mass is 16.5. The molecule has 0 atom stereocenters. The minimum absolute atomic E-state index is 0.128. The van der Waals surface area contributed by atoms with Gasteiger partial charge in [-0.3, -0.25) is 4.79 Å². The van der Waals surface area contributed by atoms with Gasteiger partial charge in [0.1, 0.15) is 0 Å². The Bertz CT molecular complexity index is 928. The summed E-state index contributed by atoms with van der Waals surface area (Å²) in [6.45, 7) is 0. The van der Waals surface area contributed by atoms with Crippen molar-refractivity contribution in [1.29, 1.82) is 0 Å². The SMILES string of the molecule is CNC(=O)c1ccccc1-c1ccc(OC)c2nc(C3CC3)nn12. The molecule has 4 rings (SSSR count). The third-order valence-corrected chi connectivity index (χ3v) is 4.30. The number of nitrogens with one attached hydrogen (secondary N) is 1. The Morgan fingerprint density at radius 2 is 2.04 bits per heavy atom. The second kappa shape index (κ2) is 5.63. The van der Waals surface area contributed by atoms with Gasteiger partial charge in [0.2, 0.25) is 0 Å². The number of benzene rings is 1. The Kier molecular flexibility index (Phi) is 3.45. The van der Waals surface area contributed by atoms with Crippen molar-refractivity contribution in [2.75, 3.05) is 14.2 Å². The molecule has 1 aromatic carbocycles. The van der Waals surface area contributed by atoms with E-state index in [0.717, 1.165) is 29.9 Å². The Labute approximate surface area is 139 Å². The Morgan fingerprint density at radius 3 is 2.75 bits per heavy atom. The average molecular weight is 322 g/mol. The van der Waals surface area contributed by atoms with Crippen molar-refractivity contribution >= 4 is 11.6 Å². The van der Waals surface area contributed by atoms with Crippen LogP contribution in [0.1, 0.15) is 34.9 Å². The first-order valence-corrected chi connectivity index (χ1v) is 7.98. The molecule has 6 heteroatoms. The topological polar surface area (TPSA) is 68.5 Å². The van der Waals surface area contributed by atoms with E-state index in [0.29, 0.717) is 22.9 Å². The molecule has 2 aromatic heterocycles. The molecule has 1 aliphatic carbocycles. The van der Waals surface area contributed by atoms with E-state index < -0.39 is 0 Å². The first kappa shape index (κ1) is 14.7. The highest BCUT2D eigenvalue weighted by Crippen LogP contribution is 2.39. The highest BCUT2D eigenvalue weighted by molar-refractivity contribution is 6.00. The standard InChI is InChI=1S/C18H18N4O2/c1-19-18(23)13-6-4-3-5-12(13)14-9-10-15(24-2)17-20-16(11-7-8-11)21-22(14)17/h3-6,9-11H,7-8H2,1-2H3,(H,19,23). The lowest BCUT2D eigenvalue weighted by Gasteiger charge is -2.11. The summed E-state index contributed by atoms with van der Waals surface area (Å²) >= 11 is 0. The van der Waals surface area contributed by atoms with Gasteiger partial charge in [0.05, 0.1) is 12.8 Å². The van der Waals surface area contributed by atoms with Crippen LogP contribution in [-0.2, 0) is 0 Å². The molecule has 1 N–H and O–H groups in total.